The highest BCUT2D eigenvalue weighted by Crippen LogP contribution is 2.53. The Morgan fingerprint density at radius 3 is 2.81 bits per heavy atom. The molecule has 2 bridgehead atoms. The fourth-order valence-electron chi connectivity index (χ4n) is 3.92. The number of hydrogen-bond donors (Lipinski definition) is 0. The molecule has 1 saturated carbocycles. The monoisotopic (exact) mass is 361 g/mol. The van der Waals surface area contributed by atoms with Gasteiger partial charge in [0, 0.05) is 32.6 Å². The van der Waals surface area contributed by atoms with Gasteiger partial charge in [-0.15, -0.1) is 0 Å². The largest absolute Gasteiger partial charge is 0.447 e. The standard InChI is InChI=1S/C18H17F2N3O3/c1-22(2)18(25)15-16(26-8-21-15)14-9-5-13(14)23(7-9)17(24)11-6-10(19)3-4-12(11)20/h3-4,6,8-9,13-14H,5,7H2,1-2H3. The summed E-state index contributed by atoms with van der Waals surface area (Å²) in [6, 6.07) is 2.63. The second kappa shape index (κ2) is 5.89. The van der Waals surface area contributed by atoms with Crippen LogP contribution in [0.2, 0.25) is 0 Å². The van der Waals surface area contributed by atoms with Crippen molar-refractivity contribution in [2.75, 3.05) is 20.6 Å². The van der Waals surface area contributed by atoms with E-state index in [4.69, 9.17) is 4.42 Å². The van der Waals surface area contributed by atoms with Crippen molar-refractivity contribution in [2.24, 2.45) is 5.92 Å². The molecule has 0 N–H and O–H groups in total. The number of benzene rings is 1. The van der Waals surface area contributed by atoms with E-state index in [0.29, 0.717) is 12.3 Å². The fourth-order valence-corrected chi connectivity index (χ4v) is 3.92. The van der Waals surface area contributed by atoms with Crippen molar-refractivity contribution in [2.45, 2.75) is 18.4 Å². The number of rotatable bonds is 3. The van der Waals surface area contributed by atoms with Crippen LogP contribution in [-0.2, 0) is 0 Å². The first-order chi connectivity index (χ1) is 12.4. The Bertz CT molecular complexity index is 896. The number of carbonyl (C=O) groups is 2. The molecule has 3 unspecified atom stereocenters. The number of carbonyl (C=O) groups excluding carboxylic acids is 2. The highest BCUT2D eigenvalue weighted by molar-refractivity contribution is 5.96. The van der Waals surface area contributed by atoms with Crippen LogP contribution in [0.5, 0.6) is 0 Å². The number of nitrogens with zero attached hydrogens (tertiary/aromatic N) is 3. The smallest absolute Gasteiger partial charge is 0.275 e. The maximum Gasteiger partial charge on any atom is 0.275 e. The fraction of sp³-hybridized carbons (Fsp3) is 0.389. The van der Waals surface area contributed by atoms with Gasteiger partial charge in [0.1, 0.15) is 17.4 Å². The van der Waals surface area contributed by atoms with Crippen LogP contribution >= 0.6 is 0 Å². The van der Waals surface area contributed by atoms with E-state index >= 15 is 0 Å². The van der Waals surface area contributed by atoms with Gasteiger partial charge in [0.25, 0.3) is 11.8 Å². The summed E-state index contributed by atoms with van der Waals surface area (Å²) < 4.78 is 32.8. The number of hydrogen-bond acceptors (Lipinski definition) is 4. The molecule has 2 saturated heterocycles. The maximum atomic E-state index is 14.0. The van der Waals surface area contributed by atoms with Crippen molar-refractivity contribution in [1.29, 1.82) is 0 Å². The Morgan fingerprint density at radius 1 is 1.31 bits per heavy atom. The van der Waals surface area contributed by atoms with Gasteiger partial charge in [-0.3, -0.25) is 9.59 Å². The van der Waals surface area contributed by atoms with Crippen LogP contribution in [0.3, 0.4) is 0 Å². The molecule has 3 fully saturated rings. The van der Waals surface area contributed by atoms with Crippen molar-refractivity contribution in [1.82, 2.24) is 14.8 Å². The number of halogens is 2. The summed E-state index contributed by atoms with van der Waals surface area (Å²) in [5.74, 6) is -1.81. The zero-order chi connectivity index (χ0) is 18.6. The molecule has 6 nitrogen and oxygen atoms in total. The Hall–Kier alpha value is -2.77. The summed E-state index contributed by atoms with van der Waals surface area (Å²) in [5, 5.41) is 0. The van der Waals surface area contributed by atoms with Gasteiger partial charge in [-0.1, -0.05) is 0 Å². The molecule has 2 aromatic rings. The lowest BCUT2D eigenvalue weighted by molar-refractivity contribution is 0.0723. The summed E-state index contributed by atoms with van der Waals surface area (Å²) in [6.45, 7) is 0.417. The summed E-state index contributed by atoms with van der Waals surface area (Å²) in [7, 11) is 3.25. The summed E-state index contributed by atoms with van der Waals surface area (Å²) in [5.41, 5.74) is -0.0422. The first-order valence-corrected chi connectivity index (χ1v) is 8.29. The quantitative estimate of drug-likeness (QED) is 0.841. The van der Waals surface area contributed by atoms with Crippen LogP contribution < -0.4 is 0 Å². The van der Waals surface area contributed by atoms with Crippen LogP contribution in [0.1, 0.15) is 38.9 Å². The molecular formula is C18H17F2N3O3. The highest BCUT2D eigenvalue weighted by atomic mass is 19.1. The average molecular weight is 361 g/mol. The van der Waals surface area contributed by atoms with Crippen molar-refractivity contribution in [3.8, 4) is 0 Å². The van der Waals surface area contributed by atoms with E-state index in [9.17, 15) is 18.4 Å². The molecule has 0 spiro atoms. The lowest BCUT2D eigenvalue weighted by Gasteiger charge is -2.35. The number of amides is 2. The minimum Gasteiger partial charge on any atom is -0.447 e. The lowest BCUT2D eigenvalue weighted by atomic mass is 9.72. The van der Waals surface area contributed by atoms with Gasteiger partial charge in [-0.25, -0.2) is 13.8 Å². The lowest BCUT2D eigenvalue weighted by Crippen LogP contribution is -2.40. The van der Waals surface area contributed by atoms with Gasteiger partial charge >= 0.3 is 0 Å². The van der Waals surface area contributed by atoms with Crippen LogP contribution in [0.4, 0.5) is 8.78 Å². The van der Waals surface area contributed by atoms with E-state index in [1.165, 1.54) is 11.3 Å². The Balaban J connectivity index is 1.60. The third-order valence-corrected chi connectivity index (χ3v) is 5.22. The Labute approximate surface area is 148 Å². The molecule has 2 amide bonds. The second-order valence-corrected chi connectivity index (χ2v) is 6.94. The second-order valence-electron chi connectivity index (χ2n) is 6.94. The molecule has 5 rings (SSSR count). The van der Waals surface area contributed by atoms with Crippen molar-refractivity contribution in [3.63, 3.8) is 0 Å². The van der Waals surface area contributed by atoms with Gasteiger partial charge in [-0.05, 0) is 30.5 Å². The summed E-state index contributed by atoms with van der Waals surface area (Å²) >= 11 is 0. The van der Waals surface area contributed by atoms with Crippen LogP contribution in [-0.4, -0.2) is 53.3 Å². The maximum absolute atomic E-state index is 14.0. The van der Waals surface area contributed by atoms with Crippen LogP contribution in [0, 0.1) is 17.6 Å². The Kier molecular flexibility index (Phi) is 3.78. The first-order valence-electron chi connectivity index (χ1n) is 8.29. The van der Waals surface area contributed by atoms with Gasteiger partial charge in [0.15, 0.2) is 12.1 Å². The molecule has 3 heterocycles. The van der Waals surface area contributed by atoms with E-state index < -0.39 is 17.5 Å². The molecule has 1 aliphatic carbocycles. The summed E-state index contributed by atoms with van der Waals surface area (Å²) in [4.78, 5) is 31.9. The predicted octanol–water partition coefficient (Wildman–Crippen LogP) is 2.28. The SMILES string of the molecule is CN(C)C(=O)c1ncoc1C1C2CC1N(C(=O)c1cc(F)ccc1F)C2. The number of fused-ring (bicyclic) bond motifs is 1. The molecule has 1 aromatic heterocycles. The highest BCUT2D eigenvalue weighted by Gasteiger charge is 2.57. The minimum atomic E-state index is -0.750. The minimum absolute atomic E-state index is 0.113. The van der Waals surface area contributed by atoms with Gasteiger partial charge in [-0.2, -0.15) is 0 Å². The van der Waals surface area contributed by atoms with Crippen LogP contribution in [0.15, 0.2) is 29.0 Å². The van der Waals surface area contributed by atoms with E-state index in [1.807, 2.05) is 0 Å². The normalized spacial score (nSPS) is 23.7. The van der Waals surface area contributed by atoms with E-state index in [-0.39, 0.29) is 35.0 Å². The van der Waals surface area contributed by atoms with E-state index in [0.717, 1.165) is 24.6 Å². The molecule has 0 radical (unpaired) electrons. The molecule has 2 aliphatic heterocycles. The van der Waals surface area contributed by atoms with E-state index in [1.54, 1.807) is 19.0 Å². The molecule has 26 heavy (non-hydrogen) atoms. The zero-order valence-electron chi connectivity index (χ0n) is 14.3. The average Bonchev–Trinajstić information content (AvgIpc) is 3.30. The van der Waals surface area contributed by atoms with Crippen molar-refractivity contribution >= 4 is 11.8 Å². The summed E-state index contributed by atoms with van der Waals surface area (Å²) in [6.07, 6.45) is 1.96. The molecule has 8 heteroatoms. The Morgan fingerprint density at radius 2 is 2.08 bits per heavy atom. The topological polar surface area (TPSA) is 66.7 Å². The third kappa shape index (κ3) is 2.40. The molecule has 1 aromatic carbocycles. The number of aromatic nitrogens is 1. The third-order valence-electron chi connectivity index (χ3n) is 5.22. The first kappa shape index (κ1) is 16.7. The van der Waals surface area contributed by atoms with Gasteiger partial charge < -0.3 is 14.2 Å². The zero-order valence-corrected chi connectivity index (χ0v) is 14.3. The van der Waals surface area contributed by atoms with E-state index in [2.05, 4.69) is 4.98 Å². The van der Waals surface area contributed by atoms with Crippen molar-refractivity contribution in [3.05, 3.63) is 53.2 Å². The molecule has 136 valence electrons. The molecular weight excluding hydrogens is 344 g/mol. The van der Waals surface area contributed by atoms with Gasteiger partial charge in [0.2, 0.25) is 0 Å². The molecule has 3 atom stereocenters. The molecule has 3 aliphatic rings. The van der Waals surface area contributed by atoms with Gasteiger partial charge in [0.05, 0.1) is 5.56 Å². The number of oxazole rings is 1. The predicted molar refractivity (Wildman–Crippen MR) is 86.6 cm³/mol. The van der Waals surface area contributed by atoms with Crippen molar-refractivity contribution < 1.29 is 22.8 Å². The van der Waals surface area contributed by atoms with Crippen LogP contribution in [0.25, 0.3) is 0 Å².